The average Bonchev–Trinajstić information content (AvgIpc) is 2.39. The van der Waals surface area contributed by atoms with Crippen molar-refractivity contribution in [3.63, 3.8) is 0 Å². The first-order chi connectivity index (χ1) is 9.13. The van der Waals surface area contributed by atoms with Crippen LogP contribution in [0.3, 0.4) is 0 Å². The number of rotatable bonds is 7. The van der Waals surface area contributed by atoms with Crippen LogP contribution in [0.2, 0.25) is 0 Å². The summed E-state index contributed by atoms with van der Waals surface area (Å²) in [6, 6.07) is 0. The molecular weight excluding hydrogens is 250 g/mol. The summed E-state index contributed by atoms with van der Waals surface area (Å²) in [6.45, 7) is 1.12. The van der Waals surface area contributed by atoms with Gasteiger partial charge >= 0.3 is 0 Å². The van der Waals surface area contributed by atoms with Gasteiger partial charge in [0.15, 0.2) is 0 Å². The summed E-state index contributed by atoms with van der Waals surface area (Å²) < 4.78 is 4.79. The maximum atomic E-state index is 11.6. The molecule has 1 heterocycles. The van der Waals surface area contributed by atoms with Crippen molar-refractivity contribution in [3.8, 4) is 0 Å². The summed E-state index contributed by atoms with van der Waals surface area (Å²) in [5, 5.41) is 5.20. The third-order valence-electron chi connectivity index (χ3n) is 2.15. The molecule has 0 aliphatic rings. The van der Waals surface area contributed by atoms with Crippen molar-refractivity contribution in [1.29, 1.82) is 0 Å². The van der Waals surface area contributed by atoms with Crippen molar-refractivity contribution >= 4 is 17.6 Å². The first-order valence-electron chi connectivity index (χ1n) is 5.75. The SMILES string of the molecule is COCCNC(=O)CCNC(=O)c1cncc(N)n1. The zero-order chi connectivity index (χ0) is 14.1. The summed E-state index contributed by atoms with van der Waals surface area (Å²) in [7, 11) is 1.55. The molecule has 1 aromatic rings. The van der Waals surface area contributed by atoms with Crippen LogP contribution in [-0.2, 0) is 9.53 Å². The Hall–Kier alpha value is -2.22. The second-order valence-corrected chi connectivity index (χ2v) is 3.68. The Morgan fingerprint density at radius 3 is 2.79 bits per heavy atom. The second-order valence-electron chi connectivity index (χ2n) is 3.68. The minimum atomic E-state index is -0.413. The number of nitrogens with two attached hydrogens (primary N) is 1. The number of aromatic nitrogens is 2. The third kappa shape index (κ3) is 5.77. The number of carbonyl (C=O) groups is 2. The standard InChI is InChI=1S/C11H17N5O3/c1-19-5-4-14-10(17)2-3-15-11(18)8-6-13-7-9(12)16-8/h6-7H,2-5H2,1H3,(H2,12,16)(H,14,17)(H,15,18). The fourth-order valence-corrected chi connectivity index (χ4v) is 1.25. The van der Waals surface area contributed by atoms with E-state index >= 15 is 0 Å². The molecule has 0 aliphatic carbocycles. The van der Waals surface area contributed by atoms with Crippen LogP contribution in [0.5, 0.6) is 0 Å². The van der Waals surface area contributed by atoms with Crippen LogP contribution in [0.25, 0.3) is 0 Å². The minimum Gasteiger partial charge on any atom is -0.383 e. The quantitative estimate of drug-likeness (QED) is 0.542. The highest BCUT2D eigenvalue weighted by Gasteiger charge is 2.08. The molecular formula is C11H17N5O3. The van der Waals surface area contributed by atoms with Crippen molar-refractivity contribution < 1.29 is 14.3 Å². The van der Waals surface area contributed by atoms with Gasteiger partial charge in [-0.15, -0.1) is 0 Å². The predicted molar refractivity (Wildman–Crippen MR) is 68.3 cm³/mol. The number of ether oxygens (including phenoxy) is 1. The van der Waals surface area contributed by atoms with Gasteiger partial charge in [-0.2, -0.15) is 0 Å². The van der Waals surface area contributed by atoms with Crippen LogP contribution in [0.4, 0.5) is 5.82 Å². The molecule has 4 N–H and O–H groups in total. The molecule has 2 amide bonds. The zero-order valence-electron chi connectivity index (χ0n) is 10.7. The molecule has 0 aromatic carbocycles. The Balaban J connectivity index is 2.25. The molecule has 0 aliphatic heterocycles. The fourth-order valence-electron chi connectivity index (χ4n) is 1.25. The van der Waals surface area contributed by atoms with E-state index in [0.717, 1.165) is 0 Å². The molecule has 0 atom stereocenters. The van der Waals surface area contributed by atoms with E-state index < -0.39 is 5.91 Å². The van der Waals surface area contributed by atoms with E-state index in [1.165, 1.54) is 12.4 Å². The molecule has 1 aromatic heterocycles. The highest BCUT2D eigenvalue weighted by Crippen LogP contribution is 1.96. The second kappa shape index (κ2) is 7.98. The third-order valence-corrected chi connectivity index (χ3v) is 2.15. The molecule has 0 spiro atoms. The number of methoxy groups -OCH3 is 1. The van der Waals surface area contributed by atoms with Crippen LogP contribution in [0.1, 0.15) is 16.9 Å². The van der Waals surface area contributed by atoms with Gasteiger partial charge in [-0.05, 0) is 0 Å². The summed E-state index contributed by atoms with van der Waals surface area (Å²) >= 11 is 0. The molecule has 104 valence electrons. The van der Waals surface area contributed by atoms with Gasteiger partial charge in [-0.3, -0.25) is 14.6 Å². The molecule has 0 radical (unpaired) electrons. The van der Waals surface area contributed by atoms with Gasteiger partial charge in [0.05, 0.1) is 19.0 Å². The van der Waals surface area contributed by atoms with Crippen LogP contribution in [-0.4, -0.2) is 48.6 Å². The summed E-state index contributed by atoms with van der Waals surface area (Å²) in [4.78, 5) is 30.5. The first kappa shape index (κ1) is 14.8. The van der Waals surface area contributed by atoms with Crippen molar-refractivity contribution in [2.24, 2.45) is 0 Å². The Morgan fingerprint density at radius 1 is 1.32 bits per heavy atom. The van der Waals surface area contributed by atoms with E-state index in [1.807, 2.05) is 0 Å². The Bertz CT molecular complexity index is 438. The molecule has 0 saturated carbocycles. The van der Waals surface area contributed by atoms with E-state index in [1.54, 1.807) is 7.11 Å². The van der Waals surface area contributed by atoms with Gasteiger partial charge in [0.1, 0.15) is 11.5 Å². The largest absolute Gasteiger partial charge is 0.383 e. The van der Waals surface area contributed by atoms with Crippen LogP contribution >= 0.6 is 0 Å². The number of hydrogen-bond donors (Lipinski definition) is 3. The summed E-state index contributed by atoms with van der Waals surface area (Å²) in [5.41, 5.74) is 5.54. The lowest BCUT2D eigenvalue weighted by Crippen LogP contribution is -2.32. The lowest BCUT2D eigenvalue weighted by atomic mass is 10.3. The molecule has 8 heteroatoms. The van der Waals surface area contributed by atoms with Crippen molar-refractivity contribution in [3.05, 3.63) is 18.1 Å². The van der Waals surface area contributed by atoms with Crippen molar-refractivity contribution in [1.82, 2.24) is 20.6 Å². The van der Waals surface area contributed by atoms with Crippen molar-refractivity contribution in [2.45, 2.75) is 6.42 Å². The Labute approximate surface area is 110 Å². The average molecular weight is 267 g/mol. The maximum Gasteiger partial charge on any atom is 0.271 e. The van der Waals surface area contributed by atoms with E-state index in [2.05, 4.69) is 20.6 Å². The molecule has 19 heavy (non-hydrogen) atoms. The van der Waals surface area contributed by atoms with Gasteiger partial charge in [0.2, 0.25) is 5.91 Å². The highest BCUT2D eigenvalue weighted by molar-refractivity contribution is 5.92. The number of nitrogen functional groups attached to an aromatic ring is 1. The molecule has 0 unspecified atom stereocenters. The minimum absolute atomic E-state index is 0.125. The predicted octanol–water partition coefficient (Wildman–Crippen LogP) is -1.06. The summed E-state index contributed by atoms with van der Waals surface area (Å²) in [5.74, 6) is -0.398. The van der Waals surface area contributed by atoms with E-state index in [0.29, 0.717) is 13.2 Å². The number of anilines is 1. The lowest BCUT2D eigenvalue weighted by molar-refractivity contribution is -0.121. The van der Waals surface area contributed by atoms with Gasteiger partial charge in [0.25, 0.3) is 5.91 Å². The number of carbonyl (C=O) groups excluding carboxylic acids is 2. The monoisotopic (exact) mass is 267 g/mol. The first-order valence-corrected chi connectivity index (χ1v) is 5.75. The number of hydrogen-bond acceptors (Lipinski definition) is 6. The smallest absolute Gasteiger partial charge is 0.271 e. The lowest BCUT2D eigenvalue weighted by Gasteiger charge is -2.06. The molecule has 0 fully saturated rings. The van der Waals surface area contributed by atoms with E-state index in [4.69, 9.17) is 10.5 Å². The Morgan fingerprint density at radius 2 is 2.11 bits per heavy atom. The van der Waals surface area contributed by atoms with Gasteiger partial charge in [-0.25, -0.2) is 4.98 Å². The summed E-state index contributed by atoms with van der Waals surface area (Å²) in [6.07, 6.45) is 2.84. The zero-order valence-corrected chi connectivity index (χ0v) is 10.7. The number of amides is 2. The molecule has 8 nitrogen and oxygen atoms in total. The van der Waals surface area contributed by atoms with Gasteiger partial charge in [-0.1, -0.05) is 0 Å². The van der Waals surface area contributed by atoms with Crippen molar-refractivity contribution in [2.75, 3.05) is 32.5 Å². The molecule has 0 saturated heterocycles. The van der Waals surface area contributed by atoms with Crippen LogP contribution in [0, 0.1) is 0 Å². The van der Waals surface area contributed by atoms with E-state index in [-0.39, 0.29) is 30.4 Å². The van der Waals surface area contributed by atoms with Crippen LogP contribution < -0.4 is 16.4 Å². The fraction of sp³-hybridized carbons (Fsp3) is 0.455. The number of nitrogens with one attached hydrogen (secondary N) is 2. The van der Waals surface area contributed by atoms with Gasteiger partial charge in [0, 0.05) is 26.6 Å². The topological polar surface area (TPSA) is 119 Å². The van der Waals surface area contributed by atoms with Crippen LogP contribution in [0.15, 0.2) is 12.4 Å². The maximum absolute atomic E-state index is 11.6. The normalized spacial score (nSPS) is 9.95. The molecule has 1 rings (SSSR count). The van der Waals surface area contributed by atoms with Gasteiger partial charge < -0.3 is 21.1 Å². The highest BCUT2D eigenvalue weighted by atomic mass is 16.5. The molecule has 0 bridgehead atoms. The Kier molecular flexibility index (Phi) is 6.23. The number of nitrogens with zero attached hydrogens (tertiary/aromatic N) is 2. The van der Waals surface area contributed by atoms with E-state index in [9.17, 15) is 9.59 Å².